The van der Waals surface area contributed by atoms with Gasteiger partial charge in [0.1, 0.15) is 10.7 Å². The molecule has 1 amide bonds. The fraction of sp³-hybridized carbons (Fsp3) is 0.125. The molecule has 10 heteroatoms. The van der Waals surface area contributed by atoms with Gasteiger partial charge in [-0.3, -0.25) is 4.79 Å². The number of anilines is 1. The Morgan fingerprint density at radius 2 is 1.81 bits per heavy atom. The van der Waals surface area contributed by atoms with E-state index in [9.17, 15) is 22.4 Å². The summed E-state index contributed by atoms with van der Waals surface area (Å²) in [5.74, 6) is -2.05. The second kappa shape index (κ2) is 7.81. The zero-order valence-electron chi connectivity index (χ0n) is 13.4. The van der Waals surface area contributed by atoms with Crippen LogP contribution >= 0.6 is 11.6 Å². The molecule has 3 N–H and O–H groups in total. The molecular formula is C16H14ClFN2O5S. The van der Waals surface area contributed by atoms with Crippen LogP contribution < -0.4 is 10.5 Å². The fourth-order valence-corrected chi connectivity index (χ4v) is 2.98. The van der Waals surface area contributed by atoms with Crippen molar-refractivity contribution in [3.05, 3.63) is 58.9 Å². The molecule has 138 valence electrons. The quantitative estimate of drug-likeness (QED) is 0.747. The third-order valence-electron chi connectivity index (χ3n) is 3.24. The second-order valence-electron chi connectivity index (χ2n) is 5.23. The number of rotatable bonds is 5. The first-order valence-electron chi connectivity index (χ1n) is 7.17. The lowest BCUT2D eigenvalue weighted by Gasteiger charge is -2.14. The molecule has 0 fully saturated rings. The number of halogens is 2. The lowest BCUT2D eigenvalue weighted by atomic mass is 10.2. The molecule has 2 aromatic carbocycles. The lowest BCUT2D eigenvalue weighted by Crippen LogP contribution is -2.30. The molecule has 0 radical (unpaired) electrons. The predicted molar refractivity (Wildman–Crippen MR) is 92.7 cm³/mol. The number of carbonyl (C=O) groups is 2. The minimum absolute atomic E-state index is 0.139. The van der Waals surface area contributed by atoms with Crippen molar-refractivity contribution in [2.75, 3.05) is 5.32 Å². The third-order valence-corrected chi connectivity index (χ3v) is 4.63. The van der Waals surface area contributed by atoms with Gasteiger partial charge in [-0.15, -0.1) is 0 Å². The standard InChI is InChI=1S/C16H14ClFN2O5S/c1-9(15(21)20-12-5-3-11(18)4-6-12)25-16(22)10-2-7-13(17)14(8-10)26(19,23)24/h2-9H,1H3,(H,20,21)(H2,19,23,24). The van der Waals surface area contributed by atoms with E-state index in [1.807, 2.05) is 0 Å². The summed E-state index contributed by atoms with van der Waals surface area (Å²) in [5.41, 5.74) is 0.183. The van der Waals surface area contributed by atoms with Gasteiger partial charge in [0.25, 0.3) is 5.91 Å². The number of hydrogen-bond acceptors (Lipinski definition) is 5. The number of nitrogens with one attached hydrogen (secondary N) is 1. The van der Waals surface area contributed by atoms with Gasteiger partial charge in [-0.1, -0.05) is 11.6 Å². The Morgan fingerprint density at radius 1 is 1.19 bits per heavy atom. The maximum absolute atomic E-state index is 12.8. The number of primary sulfonamides is 1. The summed E-state index contributed by atoms with van der Waals surface area (Å²) in [5, 5.41) is 7.32. The molecule has 1 unspecified atom stereocenters. The number of sulfonamides is 1. The van der Waals surface area contributed by atoms with Crippen LogP contribution in [-0.4, -0.2) is 26.4 Å². The molecule has 0 saturated heterocycles. The third kappa shape index (κ3) is 5.01. The van der Waals surface area contributed by atoms with Gasteiger partial charge in [-0.25, -0.2) is 22.7 Å². The van der Waals surface area contributed by atoms with Crippen molar-refractivity contribution in [1.82, 2.24) is 0 Å². The van der Waals surface area contributed by atoms with Crippen LogP contribution in [0, 0.1) is 5.82 Å². The Labute approximate surface area is 154 Å². The van der Waals surface area contributed by atoms with Gasteiger partial charge < -0.3 is 10.1 Å². The first-order chi connectivity index (χ1) is 12.1. The number of benzene rings is 2. The van der Waals surface area contributed by atoms with E-state index < -0.39 is 38.7 Å². The Hall–Kier alpha value is -2.49. The molecular weight excluding hydrogens is 387 g/mol. The molecule has 0 heterocycles. The van der Waals surface area contributed by atoms with Crippen LogP contribution in [0.25, 0.3) is 0 Å². The number of hydrogen-bond donors (Lipinski definition) is 2. The van der Waals surface area contributed by atoms with Crippen molar-refractivity contribution in [2.24, 2.45) is 5.14 Å². The van der Waals surface area contributed by atoms with Crippen LogP contribution in [0.2, 0.25) is 5.02 Å². The summed E-state index contributed by atoms with van der Waals surface area (Å²) in [6.45, 7) is 1.33. The van der Waals surface area contributed by atoms with E-state index >= 15 is 0 Å². The van der Waals surface area contributed by atoms with Crippen LogP contribution in [0.5, 0.6) is 0 Å². The highest BCUT2D eigenvalue weighted by atomic mass is 35.5. The Morgan fingerprint density at radius 3 is 2.38 bits per heavy atom. The van der Waals surface area contributed by atoms with Crippen molar-refractivity contribution in [3.8, 4) is 0 Å². The summed E-state index contributed by atoms with van der Waals surface area (Å²) < 4.78 is 40.7. The molecule has 0 aliphatic carbocycles. The zero-order valence-corrected chi connectivity index (χ0v) is 15.0. The van der Waals surface area contributed by atoms with Gasteiger partial charge in [0.2, 0.25) is 10.0 Å². The largest absolute Gasteiger partial charge is 0.449 e. The van der Waals surface area contributed by atoms with Crippen LogP contribution in [0.15, 0.2) is 47.4 Å². The summed E-state index contributed by atoms with van der Waals surface area (Å²) >= 11 is 5.74. The topological polar surface area (TPSA) is 116 Å². The van der Waals surface area contributed by atoms with Crippen molar-refractivity contribution in [2.45, 2.75) is 17.9 Å². The average Bonchev–Trinajstić information content (AvgIpc) is 2.56. The second-order valence-corrected chi connectivity index (χ2v) is 7.17. The number of ether oxygens (including phenoxy) is 1. The van der Waals surface area contributed by atoms with Crippen LogP contribution in [0.1, 0.15) is 17.3 Å². The van der Waals surface area contributed by atoms with E-state index in [4.69, 9.17) is 21.5 Å². The van der Waals surface area contributed by atoms with Gasteiger partial charge >= 0.3 is 5.97 Å². The van der Waals surface area contributed by atoms with E-state index in [-0.39, 0.29) is 10.6 Å². The first kappa shape index (κ1) is 19.8. The van der Waals surface area contributed by atoms with Crippen molar-refractivity contribution < 1.29 is 27.1 Å². The maximum atomic E-state index is 12.8. The van der Waals surface area contributed by atoms with E-state index in [1.54, 1.807) is 0 Å². The lowest BCUT2D eigenvalue weighted by molar-refractivity contribution is -0.123. The Bertz CT molecular complexity index is 948. The SMILES string of the molecule is CC(OC(=O)c1ccc(Cl)c(S(N)(=O)=O)c1)C(=O)Nc1ccc(F)cc1. The van der Waals surface area contributed by atoms with Gasteiger partial charge in [0, 0.05) is 5.69 Å². The summed E-state index contributed by atoms with van der Waals surface area (Å²) in [4.78, 5) is 23.7. The fourth-order valence-electron chi connectivity index (χ4n) is 1.91. The van der Waals surface area contributed by atoms with E-state index in [0.717, 1.165) is 18.2 Å². The zero-order chi connectivity index (χ0) is 19.5. The molecule has 1 atom stereocenters. The maximum Gasteiger partial charge on any atom is 0.338 e. The highest BCUT2D eigenvalue weighted by Gasteiger charge is 2.21. The predicted octanol–water partition coefficient (Wildman–Crippen LogP) is 2.31. The smallest absolute Gasteiger partial charge is 0.338 e. The molecule has 26 heavy (non-hydrogen) atoms. The number of carbonyl (C=O) groups excluding carboxylic acids is 2. The normalized spacial score (nSPS) is 12.3. The minimum Gasteiger partial charge on any atom is -0.449 e. The van der Waals surface area contributed by atoms with E-state index in [0.29, 0.717) is 5.69 Å². The molecule has 0 bridgehead atoms. The molecule has 0 aliphatic heterocycles. The Balaban J connectivity index is 2.09. The highest BCUT2D eigenvalue weighted by molar-refractivity contribution is 7.89. The number of nitrogens with two attached hydrogens (primary N) is 1. The first-order valence-corrected chi connectivity index (χ1v) is 9.10. The number of esters is 1. The van der Waals surface area contributed by atoms with Crippen molar-refractivity contribution in [1.29, 1.82) is 0 Å². The van der Waals surface area contributed by atoms with Crippen LogP contribution in [-0.2, 0) is 19.6 Å². The van der Waals surface area contributed by atoms with Crippen molar-refractivity contribution in [3.63, 3.8) is 0 Å². The molecule has 0 aliphatic rings. The highest BCUT2D eigenvalue weighted by Crippen LogP contribution is 2.22. The van der Waals surface area contributed by atoms with Gasteiger partial charge in [0.15, 0.2) is 6.10 Å². The Kier molecular flexibility index (Phi) is 5.96. The minimum atomic E-state index is -4.13. The summed E-state index contributed by atoms with van der Waals surface area (Å²) in [6.07, 6.45) is -1.19. The van der Waals surface area contributed by atoms with E-state index in [1.165, 1.54) is 31.2 Å². The van der Waals surface area contributed by atoms with Gasteiger partial charge in [0.05, 0.1) is 10.6 Å². The van der Waals surface area contributed by atoms with Gasteiger partial charge in [-0.05, 0) is 49.4 Å². The molecule has 0 saturated carbocycles. The van der Waals surface area contributed by atoms with Crippen molar-refractivity contribution >= 4 is 39.2 Å². The molecule has 7 nitrogen and oxygen atoms in total. The molecule has 2 aromatic rings. The average molecular weight is 401 g/mol. The number of amides is 1. The van der Waals surface area contributed by atoms with Gasteiger partial charge in [-0.2, -0.15) is 0 Å². The van der Waals surface area contributed by atoms with Crippen LogP contribution in [0.4, 0.5) is 10.1 Å². The summed E-state index contributed by atoms with van der Waals surface area (Å²) in [6, 6.07) is 8.40. The molecule has 0 aromatic heterocycles. The van der Waals surface area contributed by atoms with Crippen LogP contribution in [0.3, 0.4) is 0 Å². The summed E-state index contributed by atoms with van der Waals surface area (Å²) in [7, 11) is -4.13. The monoisotopic (exact) mass is 400 g/mol. The van der Waals surface area contributed by atoms with E-state index in [2.05, 4.69) is 5.32 Å². The molecule has 0 spiro atoms. The molecule has 2 rings (SSSR count).